The Hall–Kier alpha value is -3.97. The molecule has 178 valence electrons. The number of carbonyl (C=O) groups is 1. The van der Waals surface area contributed by atoms with Crippen LogP contribution in [-0.4, -0.2) is 58.8 Å². The highest BCUT2D eigenvalue weighted by molar-refractivity contribution is 6.07. The molecule has 35 heavy (non-hydrogen) atoms. The summed E-state index contributed by atoms with van der Waals surface area (Å²) in [6.45, 7) is 6.66. The van der Waals surface area contributed by atoms with Gasteiger partial charge < -0.3 is 15.1 Å². The molecule has 0 saturated carbocycles. The van der Waals surface area contributed by atoms with E-state index >= 15 is 0 Å². The van der Waals surface area contributed by atoms with Crippen LogP contribution in [0.25, 0.3) is 11.3 Å². The maximum Gasteiger partial charge on any atom is 0.260 e. The van der Waals surface area contributed by atoms with Gasteiger partial charge in [-0.05, 0) is 31.7 Å². The lowest BCUT2D eigenvalue weighted by atomic mass is 10.1. The smallest absolute Gasteiger partial charge is 0.260 e. The number of piperazine rings is 1. The molecule has 5 rings (SSSR count). The van der Waals surface area contributed by atoms with E-state index in [2.05, 4.69) is 39.3 Å². The predicted octanol–water partition coefficient (Wildman–Crippen LogP) is 4.31. The van der Waals surface area contributed by atoms with Crippen molar-refractivity contribution in [2.24, 2.45) is 0 Å². The van der Waals surface area contributed by atoms with Crippen LogP contribution in [0.2, 0.25) is 0 Å². The number of aryl methyl sites for hydroxylation is 1. The van der Waals surface area contributed by atoms with Crippen molar-refractivity contribution in [2.45, 2.75) is 13.5 Å². The molecule has 2 aromatic heterocycles. The number of hydrogen-bond donors (Lipinski definition) is 1. The van der Waals surface area contributed by atoms with E-state index in [9.17, 15) is 4.79 Å². The number of benzene rings is 2. The van der Waals surface area contributed by atoms with Crippen molar-refractivity contribution >= 4 is 17.4 Å². The van der Waals surface area contributed by atoms with Gasteiger partial charge in [-0.3, -0.25) is 9.48 Å². The van der Waals surface area contributed by atoms with Crippen molar-refractivity contribution < 1.29 is 4.79 Å². The number of pyridine rings is 1. The van der Waals surface area contributed by atoms with Crippen LogP contribution in [0, 0.1) is 6.92 Å². The molecule has 4 aromatic rings. The van der Waals surface area contributed by atoms with Gasteiger partial charge in [0.15, 0.2) is 0 Å². The first kappa shape index (κ1) is 22.8. The van der Waals surface area contributed by atoms with Crippen molar-refractivity contribution in [3.63, 3.8) is 0 Å². The molecule has 0 atom stereocenters. The molecule has 0 spiro atoms. The van der Waals surface area contributed by atoms with Crippen LogP contribution >= 0.6 is 0 Å². The second kappa shape index (κ2) is 10.1. The predicted molar refractivity (Wildman–Crippen MR) is 140 cm³/mol. The molecule has 7 nitrogen and oxygen atoms in total. The minimum atomic E-state index is -0.222. The topological polar surface area (TPSA) is 66.3 Å². The molecule has 1 aliphatic rings. The lowest BCUT2D eigenvalue weighted by Crippen LogP contribution is -2.44. The highest BCUT2D eigenvalue weighted by Gasteiger charge is 2.19. The standard InChI is InChI=1S/C28H30N6O/c1-21-8-10-23(11-9-21)27-25(20-34(31-27)19-22-6-4-3-5-7-22)28(35)30-26-13-12-24(18-29-26)33-16-14-32(2)15-17-33/h3-13,18,20H,14-17,19H2,1-2H3,(H,29,30,35). The second-order valence-electron chi connectivity index (χ2n) is 9.09. The first-order chi connectivity index (χ1) is 17.0. The number of hydrogen-bond acceptors (Lipinski definition) is 5. The Balaban J connectivity index is 1.37. The lowest BCUT2D eigenvalue weighted by molar-refractivity contribution is 0.102. The summed E-state index contributed by atoms with van der Waals surface area (Å²) in [6.07, 6.45) is 3.65. The number of amides is 1. The normalized spacial score (nSPS) is 14.2. The number of carbonyl (C=O) groups excluding carboxylic acids is 1. The third-order valence-electron chi connectivity index (χ3n) is 6.38. The Morgan fingerprint density at radius 2 is 1.69 bits per heavy atom. The quantitative estimate of drug-likeness (QED) is 0.459. The van der Waals surface area contributed by atoms with Crippen molar-refractivity contribution in [2.75, 3.05) is 43.4 Å². The summed E-state index contributed by atoms with van der Waals surface area (Å²) in [6, 6.07) is 22.1. The van der Waals surface area contributed by atoms with Crippen molar-refractivity contribution in [3.8, 4) is 11.3 Å². The molecule has 1 amide bonds. The van der Waals surface area contributed by atoms with Gasteiger partial charge in [0.2, 0.25) is 0 Å². The fourth-order valence-corrected chi connectivity index (χ4v) is 4.26. The van der Waals surface area contributed by atoms with Crippen LogP contribution in [0.5, 0.6) is 0 Å². The molecule has 0 aliphatic carbocycles. The van der Waals surface area contributed by atoms with Crippen LogP contribution < -0.4 is 10.2 Å². The average molecular weight is 467 g/mol. The number of nitrogens with zero attached hydrogens (tertiary/aromatic N) is 5. The highest BCUT2D eigenvalue weighted by atomic mass is 16.1. The van der Waals surface area contributed by atoms with Crippen molar-refractivity contribution in [1.82, 2.24) is 19.7 Å². The summed E-state index contributed by atoms with van der Waals surface area (Å²) in [4.78, 5) is 22.5. The zero-order valence-electron chi connectivity index (χ0n) is 20.2. The van der Waals surface area contributed by atoms with E-state index in [0.29, 0.717) is 23.6 Å². The Morgan fingerprint density at radius 3 is 2.37 bits per heavy atom. The minimum Gasteiger partial charge on any atom is -0.368 e. The zero-order chi connectivity index (χ0) is 24.2. The number of nitrogens with one attached hydrogen (secondary N) is 1. The zero-order valence-corrected chi connectivity index (χ0v) is 20.2. The Kier molecular flexibility index (Phi) is 6.59. The molecule has 3 heterocycles. The summed E-state index contributed by atoms with van der Waals surface area (Å²) in [5, 5.41) is 7.74. The molecule has 0 bridgehead atoms. The Morgan fingerprint density at radius 1 is 0.943 bits per heavy atom. The van der Waals surface area contributed by atoms with Gasteiger partial charge in [-0.25, -0.2) is 4.98 Å². The lowest BCUT2D eigenvalue weighted by Gasteiger charge is -2.33. The Labute approximate surface area is 206 Å². The van der Waals surface area contributed by atoms with Gasteiger partial charge in [-0.2, -0.15) is 5.10 Å². The third-order valence-corrected chi connectivity index (χ3v) is 6.38. The molecule has 1 aliphatic heterocycles. The van der Waals surface area contributed by atoms with Crippen LogP contribution in [0.3, 0.4) is 0 Å². The van der Waals surface area contributed by atoms with Gasteiger partial charge in [0.05, 0.1) is 24.0 Å². The first-order valence-corrected chi connectivity index (χ1v) is 11.9. The van der Waals surface area contributed by atoms with E-state index in [1.807, 2.05) is 78.6 Å². The molecule has 0 radical (unpaired) electrons. The monoisotopic (exact) mass is 466 g/mol. The van der Waals surface area contributed by atoms with E-state index < -0.39 is 0 Å². The maximum atomic E-state index is 13.3. The fraction of sp³-hybridized carbons (Fsp3) is 0.250. The van der Waals surface area contributed by atoms with Crippen LogP contribution in [0.15, 0.2) is 79.1 Å². The van der Waals surface area contributed by atoms with Crippen molar-refractivity contribution in [1.29, 1.82) is 0 Å². The second-order valence-corrected chi connectivity index (χ2v) is 9.09. The largest absolute Gasteiger partial charge is 0.368 e. The van der Waals surface area contributed by atoms with E-state index in [1.54, 1.807) is 0 Å². The number of likely N-dealkylation sites (N-methyl/N-ethyl adjacent to an activating group) is 1. The number of rotatable bonds is 6. The number of aromatic nitrogens is 3. The minimum absolute atomic E-state index is 0.222. The van der Waals surface area contributed by atoms with Crippen LogP contribution in [0.1, 0.15) is 21.5 Å². The van der Waals surface area contributed by atoms with Crippen LogP contribution in [0.4, 0.5) is 11.5 Å². The van der Waals surface area contributed by atoms with Gasteiger partial charge in [-0.15, -0.1) is 0 Å². The summed E-state index contributed by atoms with van der Waals surface area (Å²) in [5.74, 6) is 0.304. The van der Waals surface area contributed by atoms with Gasteiger partial charge in [0.25, 0.3) is 5.91 Å². The van der Waals surface area contributed by atoms with Gasteiger partial charge in [0, 0.05) is 37.9 Å². The average Bonchev–Trinajstić information content (AvgIpc) is 3.30. The molecular formula is C28H30N6O. The van der Waals surface area contributed by atoms with E-state index in [4.69, 9.17) is 5.10 Å². The van der Waals surface area contributed by atoms with Gasteiger partial charge >= 0.3 is 0 Å². The van der Waals surface area contributed by atoms with Gasteiger partial charge in [-0.1, -0.05) is 60.2 Å². The highest BCUT2D eigenvalue weighted by Crippen LogP contribution is 2.24. The maximum absolute atomic E-state index is 13.3. The Bertz CT molecular complexity index is 1270. The summed E-state index contributed by atoms with van der Waals surface area (Å²) < 4.78 is 1.82. The molecule has 0 unspecified atom stereocenters. The number of anilines is 2. The van der Waals surface area contributed by atoms with E-state index in [1.165, 1.54) is 0 Å². The molecule has 7 heteroatoms. The van der Waals surface area contributed by atoms with Crippen LogP contribution in [-0.2, 0) is 6.54 Å². The molecule has 1 fully saturated rings. The summed E-state index contributed by atoms with van der Waals surface area (Å²) in [7, 11) is 2.14. The van der Waals surface area contributed by atoms with E-state index in [0.717, 1.165) is 48.6 Å². The van der Waals surface area contributed by atoms with Gasteiger partial charge in [0.1, 0.15) is 11.5 Å². The molecule has 1 saturated heterocycles. The summed E-state index contributed by atoms with van der Waals surface area (Å²) in [5.41, 5.74) is 5.45. The molecule has 1 N–H and O–H groups in total. The molecule has 2 aromatic carbocycles. The first-order valence-electron chi connectivity index (χ1n) is 11.9. The molecular weight excluding hydrogens is 436 g/mol. The SMILES string of the molecule is Cc1ccc(-c2nn(Cc3ccccc3)cc2C(=O)Nc2ccc(N3CCN(C)CC3)cn2)cc1. The third kappa shape index (κ3) is 5.41. The van der Waals surface area contributed by atoms with E-state index in [-0.39, 0.29) is 5.91 Å². The van der Waals surface area contributed by atoms with Crippen molar-refractivity contribution in [3.05, 3.63) is 95.8 Å². The summed E-state index contributed by atoms with van der Waals surface area (Å²) >= 11 is 0. The fourth-order valence-electron chi connectivity index (χ4n) is 4.26.